The standard InChI is InChI=1S/C15H27BN2O4/c1-7-12(8-13(19)20-6)18-10-11(9-17)16-21-14(2,3)15(4,5)22-16/h9-10,12H,7-8,17H2,1-6H3. The minimum Gasteiger partial charge on any atom is -0.469 e. The number of rotatable bonds is 6. The maximum absolute atomic E-state index is 11.3. The lowest BCUT2D eigenvalue weighted by Gasteiger charge is -2.32. The third kappa shape index (κ3) is 4.33. The van der Waals surface area contributed by atoms with Crippen LogP contribution in [-0.4, -0.2) is 43.7 Å². The zero-order valence-corrected chi connectivity index (χ0v) is 14.4. The molecule has 22 heavy (non-hydrogen) atoms. The van der Waals surface area contributed by atoms with Crippen LogP contribution in [-0.2, 0) is 18.8 Å². The molecule has 0 saturated carbocycles. The molecular weight excluding hydrogens is 283 g/mol. The fourth-order valence-corrected chi connectivity index (χ4v) is 1.93. The van der Waals surface area contributed by atoms with E-state index in [0.717, 1.165) is 6.42 Å². The van der Waals surface area contributed by atoms with Gasteiger partial charge in [-0.2, -0.15) is 0 Å². The zero-order valence-electron chi connectivity index (χ0n) is 14.4. The molecular formula is C15H27BN2O4. The summed E-state index contributed by atoms with van der Waals surface area (Å²) in [4.78, 5) is 15.7. The largest absolute Gasteiger partial charge is 0.497 e. The number of methoxy groups -OCH3 is 1. The predicted octanol–water partition coefficient (Wildman–Crippen LogP) is 1.87. The Balaban J connectivity index is 2.78. The van der Waals surface area contributed by atoms with Gasteiger partial charge < -0.3 is 19.8 Å². The lowest BCUT2D eigenvalue weighted by atomic mass is 9.79. The minimum absolute atomic E-state index is 0.148. The second-order valence-corrected chi connectivity index (χ2v) is 6.38. The molecule has 124 valence electrons. The molecule has 0 radical (unpaired) electrons. The van der Waals surface area contributed by atoms with E-state index < -0.39 is 18.3 Å². The van der Waals surface area contributed by atoms with Gasteiger partial charge in [0.2, 0.25) is 0 Å². The molecule has 1 atom stereocenters. The molecule has 1 unspecified atom stereocenters. The number of carbonyl (C=O) groups excluding carboxylic acids is 1. The van der Waals surface area contributed by atoms with Gasteiger partial charge in [0.25, 0.3) is 0 Å². The van der Waals surface area contributed by atoms with Crippen molar-refractivity contribution in [2.75, 3.05) is 7.11 Å². The molecule has 7 heteroatoms. The maximum Gasteiger partial charge on any atom is 0.497 e. The second kappa shape index (κ2) is 7.29. The summed E-state index contributed by atoms with van der Waals surface area (Å²) in [7, 11) is 0.809. The van der Waals surface area contributed by atoms with Crippen molar-refractivity contribution in [2.24, 2.45) is 10.7 Å². The van der Waals surface area contributed by atoms with Crippen LogP contribution >= 0.6 is 0 Å². The fourth-order valence-electron chi connectivity index (χ4n) is 1.93. The molecule has 1 aliphatic rings. The summed E-state index contributed by atoms with van der Waals surface area (Å²) in [6.45, 7) is 9.87. The molecule has 1 aliphatic heterocycles. The molecule has 1 heterocycles. The van der Waals surface area contributed by atoms with Crippen LogP contribution in [0.4, 0.5) is 0 Å². The predicted molar refractivity (Wildman–Crippen MR) is 87.6 cm³/mol. The summed E-state index contributed by atoms with van der Waals surface area (Å²) in [5.41, 5.74) is 5.45. The van der Waals surface area contributed by atoms with E-state index in [1.807, 2.05) is 34.6 Å². The Morgan fingerprint density at radius 1 is 1.32 bits per heavy atom. The summed E-state index contributed by atoms with van der Waals surface area (Å²) in [6.07, 6.45) is 4.02. The quantitative estimate of drug-likeness (QED) is 0.460. The summed E-state index contributed by atoms with van der Waals surface area (Å²) in [6, 6.07) is -0.148. The van der Waals surface area contributed by atoms with E-state index in [4.69, 9.17) is 15.0 Å². The molecule has 1 rings (SSSR count). The third-order valence-electron chi connectivity index (χ3n) is 4.25. The van der Waals surface area contributed by atoms with Gasteiger partial charge in [0.05, 0.1) is 30.8 Å². The van der Waals surface area contributed by atoms with Crippen LogP contribution < -0.4 is 5.73 Å². The van der Waals surface area contributed by atoms with Crippen LogP contribution in [0.3, 0.4) is 0 Å². The monoisotopic (exact) mass is 310 g/mol. The molecule has 0 aromatic carbocycles. The van der Waals surface area contributed by atoms with Crippen LogP contribution in [0, 0.1) is 0 Å². The van der Waals surface area contributed by atoms with Crippen molar-refractivity contribution in [1.29, 1.82) is 0 Å². The van der Waals surface area contributed by atoms with Gasteiger partial charge in [-0.05, 0) is 40.3 Å². The molecule has 0 aromatic rings. The van der Waals surface area contributed by atoms with Crippen molar-refractivity contribution in [3.05, 3.63) is 11.7 Å². The van der Waals surface area contributed by atoms with E-state index >= 15 is 0 Å². The number of nitrogens with two attached hydrogens (primary N) is 1. The molecule has 2 N–H and O–H groups in total. The number of hydrogen-bond donors (Lipinski definition) is 1. The molecule has 0 bridgehead atoms. The number of esters is 1. The van der Waals surface area contributed by atoms with Crippen molar-refractivity contribution in [3.8, 4) is 0 Å². The number of carbonyl (C=O) groups is 1. The molecule has 6 nitrogen and oxygen atoms in total. The number of aliphatic imine (C=N–C) groups is 1. The number of hydrogen-bond acceptors (Lipinski definition) is 6. The number of ether oxygens (including phenoxy) is 1. The highest BCUT2D eigenvalue weighted by atomic mass is 16.7. The van der Waals surface area contributed by atoms with E-state index in [1.54, 1.807) is 6.21 Å². The summed E-state index contributed by atoms with van der Waals surface area (Å²) in [5.74, 6) is -0.280. The number of allylic oxidation sites excluding steroid dienone is 1. The van der Waals surface area contributed by atoms with Crippen LogP contribution in [0.15, 0.2) is 16.7 Å². The third-order valence-corrected chi connectivity index (χ3v) is 4.25. The van der Waals surface area contributed by atoms with Gasteiger partial charge >= 0.3 is 13.1 Å². The van der Waals surface area contributed by atoms with Crippen molar-refractivity contribution in [2.45, 2.75) is 64.7 Å². The maximum atomic E-state index is 11.3. The van der Waals surface area contributed by atoms with Crippen LogP contribution in [0.5, 0.6) is 0 Å². The first kappa shape index (κ1) is 18.7. The molecule has 0 spiro atoms. The molecule has 0 amide bonds. The Bertz CT molecular complexity index is 444. The normalized spacial score (nSPS) is 22.1. The Labute approximate surface area is 133 Å². The van der Waals surface area contributed by atoms with Crippen molar-refractivity contribution < 1.29 is 18.8 Å². The van der Waals surface area contributed by atoms with E-state index in [-0.39, 0.29) is 18.4 Å². The molecule has 0 aromatic heterocycles. The summed E-state index contributed by atoms with van der Waals surface area (Å²) >= 11 is 0. The molecule has 1 saturated heterocycles. The van der Waals surface area contributed by atoms with Gasteiger partial charge in [0.15, 0.2) is 0 Å². The van der Waals surface area contributed by atoms with Crippen molar-refractivity contribution >= 4 is 19.3 Å². The van der Waals surface area contributed by atoms with Gasteiger partial charge in [-0.25, -0.2) is 0 Å². The van der Waals surface area contributed by atoms with E-state index in [9.17, 15) is 4.79 Å². The van der Waals surface area contributed by atoms with Crippen LogP contribution in [0.1, 0.15) is 47.5 Å². The smallest absolute Gasteiger partial charge is 0.469 e. The van der Waals surface area contributed by atoms with Crippen molar-refractivity contribution in [3.63, 3.8) is 0 Å². The van der Waals surface area contributed by atoms with Gasteiger partial charge in [-0.15, -0.1) is 0 Å². The Kier molecular flexibility index (Phi) is 6.20. The Morgan fingerprint density at radius 2 is 1.86 bits per heavy atom. The first-order valence-electron chi connectivity index (χ1n) is 7.54. The average Bonchev–Trinajstić information content (AvgIpc) is 2.66. The van der Waals surface area contributed by atoms with Gasteiger partial charge in [-0.1, -0.05) is 6.92 Å². The second-order valence-electron chi connectivity index (χ2n) is 6.38. The van der Waals surface area contributed by atoms with Crippen molar-refractivity contribution in [1.82, 2.24) is 0 Å². The van der Waals surface area contributed by atoms with Gasteiger partial charge in [-0.3, -0.25) is 9.79 Å². The van der Waals surface area contributed by atoms with Gasteiger partial charge in [0.1, 0.15) is 0 Å². The Hall–Kier alpha value is -1.34. The highest BCUT2D eigenvalue weighted by Gasteiger charge is 2.52. The fraction of sp³-hybridized carbons (Fsp3) is 0.733. The van der Waals surface area contributed by atoms with E-state index in [2.05, 4.69) is 9.73 Å². The minimum atomic E-state index is -0.561. The first-order chi connectivity index (χ1) is 10.2. The molecule has 1 fully saturated rings. The zero-order chi connectivity index (χ0) is 17.0. The SMILES string of the molecule is CCC(CC(=O)OC)N=CC(=CN)B1OC(C)(C)C(C)(C)O1. The summed E-state index contributed by atoms with van der Waals surface area (Å²) in [5, 5.41) is 0. The lowest BCUT2D eigenvalue weighted by Crippen LogP contribution is -2.41. The average molecular weight is 310 g/mol. The van der Waals surface area contributed by atoms with Crippen LogP contribution in [0.25, 0.3) is 0 Å². The first-order valence-corrected chi connectivity index (χ1v) is 7.54. The molecule has 0 aliphatic carbocycles. The topological polar surface area (TPSA) is 83.1 Å². The van der Waals surface area contributed by atoms with E-state index in [1.165, 1.54) is 13.3 Å². The van der Waals surface area contributed by atoms with E-state index in [0.29, 0.717) is 5.47 Å². The highest BCUT2D eigenvalue weighted by Crippen LogP contribution is 2.38. The van der Waals surface area contributed by atoms with Gasteiger partial charge in [0, 0.05) is 11.7 Å². The highest BCUT2D eigenvalue weighted by molar-refractivity contribution is 6.60. The van der Waals surface area contributed by atoms with Crippen LogP contribution in [0.2, 0.25) is 0 Å². The number of nitrogens with zero attached hydrogens (tertiary/aromatic N) is 1. The summed E-state index contributed by atoms with van der Waals surface area (Å²) < 4.78 is 16.5. The lowest BCUT2D eigenvalue weighted by molar-refractivity contribution is -0.141. The Morgan fingerprint density at radius 3 is 2.27 bits per heavy atom.